The molecular formula is C23H25ClN4O. The smallest absolute Gasteiger partial charge is 0.293 e. The molecule has 3 aromatic rings. The van der Waals surface area contributed by atoms with Gasteiger partial charge in [-0.25, -0.2) is 9.67 Å². The van der Waals surface area contributed by atoms with Gasteiger partial charge in [0, 0.05) is 18.1 Å². The van der Waals surface area contributed by atoms with E-state index in [1.54, 1.807) is 16.8 Å². The van der Waals surface area contributed by atoms with Gasteiger partial charge in [-0.15, -0.1) is 5.10 Å². The second kappa shape index (κ2) is 8.37. The Morgan fingerprint density at radius 1 is 1.03 bits per heavy atom. The molecule has 29 heavy (non-hydrogen) atoms. The molecule has 150 valence electrons. The summed E-state index contributed by atoms with van der Waals surface area (Å²) in [5.41, 5.74) is 2.24. The first kappa shape index (κ1) is 19.6. The lowest BCUT2D eigenvalue weighted by Gasteiger charge is -2.34. The lowest BCUT2D eigenvalue weighted by molar-refractivity contribution is 0.0677. The van der Waals surface area contributed by atoms with Gasteiger partial charge in [0.2, 0.25) is 5.82 Å². The third-order valence-electron chi connectivity index (χ3n) is 5.87. The van der Waals surface area contributed by atoms with Crippen LogP contribution >= 0.6 is 11.6 Å². The predicted molar refractivity (Wildman–Crippen MR) is 115 cm³/mol. The quantitative estimate of drug-likeness (QED) is 0.608. The maximum absolute atomic E-state index is 13.0. The number of nitrogens with zero attached hydrogens (tertiary/aromatic N) is 4. The normalized spacial score (nSPS) is 19.1. The van der Waals surface area contributed by atoms with Crippen LogP contribution in [-0.4, -0.2) is 38.7 Å². The molecule has 6 heteroatoms. The minimum atomic E-state index is -0.121. The van der Waals surface area contributed by atoms with Crippen molar-refractivity contribution in [3.05, 3.63) is 76.8 Å². The molecule has 0 atom stereocenters. The molecule has 0 spiro atoms. The average molecular weight is 409 g/mol. The number of rotatable bonds is 4. The number of carbonyl (C=O) groups is 1. The van der Waals surface area contributed by atoms with Crippen molar-refractivity contribution in [3.63, 3.8) is 0 Å². The lowest BCUT2D eigenvalue weighted by Crippen LogP contribution is -2.39. The second-order valence-electron chi connectivity index (χ2n) is 7.70. The maximum Gasteiger partial charge on any atom is 0.293 e. The molecule has 0 unspecified atom stereocenters. The number of halogens is 1. The zero-order valence-corrected chi connectivity index (χ0v) is 17.5. The summed E-state index contributed by atoms with van der Waals surface area (Å²) in [6, 6.07) is 18.2. The third-order valence-corrected chi connectivity index (χ3v) is 6.12. The molecule has 0 aliphatic heterocycles. The fraction of sp³-hybridized carbons (Fsp3) is 0.348. The van der Waals surface area contributed by atoms with E-state index < -0.39 is 0 Å². The molecule has 1 heterocycles. The van der Waals surface area contributed by atoms with E-state index in [1.807, 2.05) is 31.0 Å². The van der Waals surface area contributed by atoms with Crippen molar-refractivity contribution in [3.8, 4) is 5.69 Å². The van der Waals surface area contributed by atoms with Crippen LogP contribution in [0.25, 0.3) is 5.69 Å². The summed E-state index contributed by atoms with van der Waals surface area (Å²) < 4.78 is 1.68. The van der Waals surface area contributed by atoms with Crippen LogP contribution in [0.2, 0.25) is 5.02 Å². The summed E-state index contributed by atoms with van der Waals surface area (Å²) in [7, 11) is 1.87. The Morgan fingerprint density at radius 3 is 2.34 bits per heavy atom. The highest BCUT2D eigenvalue weighted by atomic mass is 35.5. The fourth-order valence-corrected chi connectivity index (χ4v) is 4.28. The van der Waals surface area contributed by atoms with Crippen molar-refractivity contribution in [2.75, 3.05) is 7.05 Å². The zero-order chi connectivity index (χ0) is 20.4. The van der Waals surface area contributed by atoms with Gasteiger partial charge < -0.3 is 4.90 Å². The minimum absolute atomic E-state index is 0.121. The molecule has 1 amide bonds. The largest absolute Gasteiger partial charge is 0.336 e. The monoisotopic (exact) mass is 408 g/mol. The number of amides is 1. The molecular weight excluding hydrogens is 384 g/mol. The van der Waals surface area contributed by atoms with E-state index in [2.05, 4.69) is 40.4 Å². The lowest BCUT2D eigenvalue weighted by atomic mass is 9.81. The first-order valence-corrected chi connectivity index (χ1v) is 10.4. The third kappa shape index (κ3) is 4.20. The molecule has 1 fully saturated rings. The van der Waals surface area contributed by atoms with Gasteiger partial charge in [0.15, 0.2) is 0 Å². The van der Waals surface area contributed by atoms with Gasteiger partial charge in [-0.1, -0.05) is 41.9 Å². The highest BCUT2D eigenvalue weighted by molar-refractivity contribution is 6.30. The van der Waals surface area contributed by atoms with Gasteiger partial charge in [-0.2, -0.15) is 0 Å². The first-order valence-electron chi connectivity index (χ1n) is 10.0. The van der Waals surface area contributed by atoms with E-state index >= 15 is 0 Å². The summed E-state index contributed by atoms with van der Waals surface area (Å²) in [6.45, 7) is 1.85. The van der Waals surface area contributed by atoms with Gasteiger partial charge in [0.1, 0.15) is 5.82 Å². The van der Waals surface area contributed by atoms with E-state index in [1.165, 1.54) is 5.56 Å². The number of aromatic nitrogens is 3. The maximum atomic E-state index is 13.0. The molecule has 0 saturated heterocycles. The van der Waals surface area contributed by atoms with Crippen LogP contribution in [0, 0.1) is 6.92 Å². The molecule has 5 nitrogen and oxygen atoms in total. The fourth-order valence-electron chi connectivity index (χ4n) is 4.15. The number of hydrogen-bond acceptors (Lipinski definition) is 3. The van der Waals surface area contributed by atoms with Crippen molar-refractivity contribution in [1.82, 2.24) is 19.7 Å². The topological polar surface area (TPSA) is 51.0 Å². The molecule has 1 aliphatic carbocycles. The van der Waals surface area contributed by atoms with Crippen LogP contribution in [0.3, 0.4) is 0 Å². The Hall–Kier alpha value is -2.66. The zero-order valence-electron chi connectivity index (χ0n) is 16.8. The molecule has 1 saturated carbocycles. The Labute approximate surface area is 176 Å². The summed E-state index contributed by atoms with van der Waals surface area (Å²) in [6.07, 6.45) is 4.19. The van der Waals surface area contributed by atoms with Gasteiger partial charge in [0.25, 0.3) is 5.91 Å². The Morgan fingerprint density at radius 2 is 1.69 bits per heavy atom. The van der Waals surface area contributed by atoms with Crippen molar-refractivity contribution in [2.24, 2.45) is 0 Å². The van der Waals surface area contributed by atoms with Crippen molar-refractivity contribution < 1.29 is 4.79 Å². The van der Waals surface area contributed by atoms with Crippen molar-refractivity contribution in [1.29, 1.82) is 0 Å². The molecule has 1 aliphatic rings. The van der Waals surface area contributed by atoms with E-state index in [-0.39, 0.29) is 17.8 Å². The van der Waals surface area contributed by atoms with Crippen molar-refractivity contribution in [2.45, 2.75) is 44.6 Å². The van der Waals surface area contributed by atoms with E-state index in [0.717, 1.165) is 31.4 Å². The number of benzene rings is 2. The first-order chi connectivity index (χ1) is 14.0. The van der Waals surface area contributed by atoms with Crippen LogP contribution in [0.15, 0.2) is 54.6 Å². The van der Waals surface area contributed by atoms with E-state index in [9.17, 15) is 4.79 Å². The summed E-state index contributed by atoms with van der Waals surface area (Å²) in [4.78, 5) is 19.2. The van der Waals surface area contributed by atoms with Gasteiger partial charge in [-0.3, -0.25) is 4.79 Å². The highest BCUT2D eigenvalue weighted by Gasteiger charge is 2.29. The van der Waals surface area contributed by atoms with Gasteiger partial charge >= 0.3 is 0 Å². The summed E-state index contributed by atoms with van der Waals surface area (Å²) in [5, 5.41) is 5.12. The Bertz CT molecular complexity index is 976. The summed E-state index contributed by atoms with van der Waals surface area (Å²) >= 11 is 5.97. The van der Waals surface area contributed by atoms with Crippen LogP contribution in [0.4, 0.5) is 0 Å². The van der Waals surface area contributed by atoms with Crippen LogP contribution in [0.5, 0.6) is 0 Å². The minimum Gasteiger partial charge on any atom is -0.336 e. The van der Waals surface area contributed by atoms with Gasteiger partial charge in [-0.05, 0) is 68.4 Å². The van der Waals surface area contributed by atoms with Crippen molar-refractivity contribution >= 4 is 17.5 Å². The summed E-state index contributed by atoms with van der Waals surface area (Å²) in [5.74, 6) is 1.38. The SMILES string of the molecule is Cc1nc(C(=O)N(C)C2CCC(c3ccccc3)CC2)nn1-c1ccc(Cl)cc1. The number of carbonyl (C=O) groups excluding carboxylic acids is 1. The molecule has 2 aromatic carbocycles. The standard InChI is InChI=1S/C23H25ClN4O/c1-16-25-22(26-28(16)21-14-10-19(24)11-15-21)23(29)27(2)20-12-8-18(9-13-20)17-6-4-3-5-7-17/h3-7,10-11,14-15,18,20H,8-9,12-13H2,1-2H3. The Kier molecular flexibility index (Phi) is 5.67. The number of hydrogen-bond donors (Lipinski definition) is 0. The van der Waals surface area contributed by atoms with Crippen LogP contribution < -0.4 is 0 Å². The molecule has 0 N–H and O–H groups in total. The predicted octanol–water partition coefficient (Wildman–Crippen LogP) is 5.03. The van der Waals surface area contributed by atoms with Crippen LogP contribution in [-0.2, 0) is 0 Å². The number of aryl methyl sites for hydroxylation is 1. The van der Waals surface area contributed by atoms with Crippen LogP contribution in [0.1, 0.15) is 53.6 Å². The highest BCUT2D eigenvalue weighted by Crippen LogP contribution is 2.34. The van der Waals surface area contributed by atoms with Gasteiger partial charge in [0.05, 0.1) is 5.69 Å². The Balaban J connectivity index is 1.43. The molecule has 0 radical (unpaired) electrons. The average Bonchev–Trinajstić information content (AvgIpc) is 3.15. The second-order valence-corrected chi connectivity index (χ2v) is 8.14. The van der Waals surface area contributed by atoms with E-state index in [4.69, 9.17) is 11.6 Å². The molecule has 0 bridgehead atoms. The molecule has 4 rings (SSSR count). The van der Waals surface area contributed by atoms with E-state index in [0.29, 0.717) is 16.8 Å². The molecule has 1 aromatic heterocycles.